The van der Waals surface area contributed by atoms with Crippen molar-refractivity contribution in [1.29, 1.82) is 0 Å². The molecule has 55 heavy (non-hydrogen) atoms. The van der Waals surface area contributed by atoms with E-state index in [1.807, 2.05) is 0 Å². The Kier molecular flexibility index (Phi) is 7.85. The van der Waals surface area contributed by atoms with Crippen molar-refractivity contribution in [3.8, 4) is 50.2 Å². The van der Waals surface area contributed by atoms with E-state index >= 15 is 0 Å². The lowest BCUT2D eigenvalue weighted by Gasteiger charge is -2.28. The summed E-state index contributed by atoms with van der Waals surface area (Å²) in [4.78, 5) is 2.39. The molecule has 0 radical (unpaired) electrons. The molecule has 1 aliphatic rings. The molecule has 0 saturated carbocycles. The molecule has 0 N–H and O–H groups in total. The average molecular weight is 705 g/mol. The van der Waals surface area contributed by atoms with Gasteiger partial charge in [-0.25, -0.2) is 0 Å². The Bertz CT molecular complexity index is 2710. The Balaban J connectivity index is 1.03. The third-order valence-corrected chi connectivity index (χ3v) is 11.4. The molecule has 0 amide bonds. The van der Waals surface area contributed by atoms with Crippen LogP contribution in [0.25, 0.3) is 61.1 Å². The molecule has 8 aromatic carbocycles. The third-order valence-electron chi connectivity index (χ3n) is 11.4. The maximum atomic E-state index is 2.42. The monoisotopic (exact) mass is 704 g/mol. The summed E-state index contributed by atoms with van der Waals surface area (Å²) < 4.78 is 2.33. The smallest absolute Gasteiger partial charge is 0.0528 e. The molecule has 10 rings (SSSR count). The van der Waals surface area contributed by atoms with E-state index in [0.717, 1.165) is 17.1 Å². The van der Waals surface area contributed by atoms with Crippen LogP contribution in [0.1, 0.15) is 25.0 Å². The van der Waals surface area contributed by atoms with Gasteiger partial charge in [0.15, 0.2) is 0 Å². The predicted molar refractivity (Wildman–Crippen MR) is 232 cm³/mol. The first-order valence-corrected chi connectivity index (χ1v) is 19.1. The fourth-order valence-electron chi connectivity index (χ4n) is 8.49. The molecule has 0 unspecified atom stereocenters. The fraction of sp³-hybridized carbons (Fsp3) is 0.0566. The Morgan fingerprint density at radius 1 is 0.382 bits per heavy atom. The van der Waals surface area contributed by atoms with Gasteiger partial charge >= 0.3 is 0 Å². The number of hydrogen-bond donors (Lipinski definition) is 0. The number of anilines is 3. The predicted octanol–water partition coefficient (Wildman–Crippen LogP) is 14.4. The van der Waals surface area contributed by atoms with E-state index < -0.39 is 0 Å². The Labute approximate surface area is 323 Å². The molecular weight excluding hydrogens is 665 g/mol. The van der Waals surface area contributed by atoms with Gasteiger partial charge in [0, 0.05) is 39.7 Å². The molecule has 1 aliphatic carbocycles. The van der Waals surface area contributed by atoms with E-state index in [1.165, 1.54) is 72.2 Å². The van der Waals surface area contributed by atoms with Crippen LogP contribution in [0.4, 0.5) is 17.1 Å². The fourth-order valence-corrected chi connectivity index (χ4v) is 8.49. The third kappa shape index (κ3) is 5.75. The number of nitrogens with zero attached hydrogens (tertiary/aromatic N) is 2. The lowest BCUT2D eigenvalue weighted by molar-refractivity contribution is 0.660. The zero-order valence-corrected chi connectivity index (χ0v) is 31.0. The highest BCUT2D eigenvalue weighted by Crippen LogP contribution is 2.51. The van der Waals surface area contributed by atoms with Crippen LogP contribution >= 0.6 is 0 Å². The summed E-state index contributed by atoms with van der Waals surface area (Å²) in [6.07, 6.45) is 2.21. The van der Waals surface area contributed by atoms with Crippen molar-refractivity contribution in [2.75, 3.05) is 4.90 Å². The van der Waals surface area contributed by atoms with Crippen molar-refractivity contribution >= 4 is 28.0 Å². The van der Waals surface area contributed by atoms with Gasteiger partial charge in [-0.3, -0.25) is 0 Å². The molecule has 0 saturated heterocycles. The van der Waals surface area contributed by atoms with Gasteiger partial charge < -0.3 is 9.47 Å². The van der Waals surface area contributed by atoms with E-state index in [9.17, 15) is 0 Å². The summed E-state index contributed by atoms with van der Waals surface area (Å²) in [6.45, 7) is 4.75. The van der Waals surface area contributed by atoms with Crippen LogP contribution in [-0.4, -0.2) is 4.57 Å². The van der Waals surface area contributed by atoms with E-state index in [-0.39, 0.29) is 5.41 Å². The molecule has 1 aromatic heterocycles. The summed E-state index contributed by atoms with van der Waals surface area (Å²) in [5.41, 5.74) is 18.2. The summed E-state index contributed by atoms with van der Waals surface area (Å²) in [5.74, 6) is 0. The summed E-state index contributed by atoms with van der Waals surface area (Å²) in [6, 6.07) is 72.8. The van der Waals surface area contributed by atoms with Crippen LogP contribution in [0, 0.1) is 0 Å². The molecule has 1 heterocycles. The summed E-state index contributed by atoms with van der Waals surface area (Å²) >= 11 is 0. The van der Waals surface area contributed by atoms with Gasteiger partial charge in [0.25, 0.3) is 0 Å². The zero-order chi connectivity index (χ0) is 36.9. The topological polar surface area (TPSA) is 8.17 Å². The molecule has 0 fully saturated rings. The van der Waals surface area contributed by atoms with Gasteiger partial charge in [-0.1, -0.05) is 147 Å². The van der Waals surface area contributed by atoms with Gasteiger partial charge in [-0.2, -0.15) is 0 Å². The number of hydrogen-bond acceptors (Lipinski definition) is 1. The maximum absolute atomic E-state index is 2.42. The van der Waals surface area contributed by atoms with Gasteiger partial charge in [-0.05, 0) is 122 Å². The molecule has 2 heteroatoms. The quantitative estimate of drug-likeness (QED) is 0.160. The van der Waals surface area contributed by atoms with Crippen LogP contribution < -0.4 is 4.90 Å². The first kappa shape index (κ1) is 32.7. The SMILES string of the molecule is CC1(C)c2cc(N(c3ccc(-c4ccccc4)cc3)c3ccc(-c4ccccc4)cc3)ccc2-c2ccc(-n3ccc4cc(-c5ccccc5)ccc43)cc21. The van der Waals surface area contributed by atoms with Gasteiger partial charge in [0.2, 0.25) is 0 Å². The second-order valence-corrected chi connectivity index (χ2v) is 15.1. The van der Waals surface area contributed by atoms with E-state index in [1.54, 1.807) is 0 Å². The van der Waals surface area contributed by atoms with Gasteiger partial charge in [0.05, 0.1) is 5.52 Å². The standard InChI is InChI=1S/C53H40N2/c1-53(2)50-35-46(54-33-32-43-34-42(22-31-52(43)54)39-16-10-5-11-17-39)27-29-48(50)49-30-28-47(36-51(49)53)55(44-23-18-40(19-24-44)37-12-6-3-7-13-37)45-25-20-41(21-26-45)38-14-8-4-9-15-38/h3-36H,1-2H3. The highest BCUT2D eigenvalue weighted by Gasteiger charge is 2.36. The minimum Gasteiger partial charge on any atom is -0.317 e. The largest absolute Gasteiger partial charge is 0.317 e. The number of benzene rings is 8. The minimum absolute atomic E-state index is 0.194. The first-order chi connectivity index (χ1) is 27.0. The van der Waals surface area contributed by atoms with Crippen molar-refractivity contribution in [3.63, 3.8) is 0 Å². The van der Waals surface area contributed by atoms with Crippen LogP contribution in [0.3, 0.4) is 0 Å². The first-order valence-electron chi connectivity index (χ1n) is 19.1. The van der Waals surface area contributed by atoms with Crippen LogP contribution in [-0.2, 0) is 5.41 Å². The lowest BCUT2D eigenvalue weighted by atomic mass is 9.82. The van der Waals surface area contributed by atoms with E-state index in [4.69, 9.17) is 0 Å². The van der Waals surface area contributed by atoms with E-state index in [2.05, 4.69) is 230 Å². The molecular formula is C53H40N2. The highest BCUT2D eigenvalue weighted by atomic mass is 15.1. The number of fused-ring (bicyclic) bond motifs is 4. The van der Waals surface area contributed by atoms with Crippen molar-refractivity contribution in [1.82, 2.24) is 4.57 Å². The number of rotatable bonds is 7. The minimum atomic E-state index is -0.194. The Morgan fingerprint density at radius 3 is 1.40 bits per heavy atom. The second-order valence-electron chi connectivity index (χ2n) is 15.1. The van der Waals surface area contributed by atoms with Crippen molar-refractivity contribution < 1.29 is 0 Å². The molecule has 9 aromatic rings. The van der Waals surface area contributed by atoms with Crippen molar-refractivity contribution in [2.24, 2.45) is 0 Å². The Morgan fingerprint density at radius 2 is 0.836 bits per heavy atom. The van der Waals surface area contributed by atoms with Gasteiger partial charge in [0.1, 0.15) is 0 Å². The van der Waals surface area contributed by atoms with Crippen LogP contribution in [0.5, 0.6) is 0 Å². The molecule has 0 aliphatic heterocycles. The molecule has 0 atom stereocenters. The van der Waals surface area contributed by atoms with Crippen molar-refractivity contribution in [3.05, 3.63) is 218 Å². The normalized spacial score (nSPS) is 12.7. The zero-order valence-electron chi connectivity index (χ0n) is 31.0. The highest BCUT2D eigenvalue weighted by molar-refractivity contribution is 5.89. The average Bonchev–Trinajstić information content (AvgIpc) is 3.77. The lowest BCUT2D eigenvalue weighted by Crippen LogP contribution is -2.17. The van der Waals surface area contributed by atoms with Gasteiger partial charge in [-0.15, -0.1) is 0 Å². The second kappa shape index (κ2) is 13.2. The Hall–Kier alpha value is -6.90. The number of aromatic nitrogens is 1. The summed E-state index contributed by atoms with van der Waals surface area (Å²) in [7, 11) is 0. The van der Waals surface area contributed by atoms with Crippen molar-refractivity contribution in [2.45, 2.75) is 19.3 Å². The molecule has 0 spiro atoms. The van der Waals surface area contributed by atoms with Crippen LogP contribution in [0.2, 0.25) is 0 Å². The van der Waals surface area contributed by atoms with Crippen LogP contribution in [0.15, 0.2) is 206 Å². The maximum Gasteiger partial charge on any atom is 0.0528 e. The molecule has 2 nitrogen and oxygen atoms in total. The molecule has 0 bridgehead atoms. The molecule has 262 valence electrons. The van der Waals surface area contributed by atoms with E-state index in [0.29, 0.717) is 0 Å². The summed E-state index contributed by atoms with van der Waals surface area (Å²) in [5, 5.41) is 1.24.